The molecule has 0 aliphatic carbocycles. The predicted octanol–water partition coefficient (Wildman–Crippen LogP) is 4.55. The summed E-state index contributed by atoms with van der Waals surface area (Å²) in [4.78, 5) is 26.6. The minimum atomic E-state index is -0.508. The van der Waals surface area contributed by atoms with E-state index in [0.29, 0.717) is 16.9 Å². The van der Waals surface area contributed by atoms with Crippen LogP contribution in [-0.2, 0) is 4.79 Å². The lowest BCUT2D eigenvalue weighted by molar-refractivity contribution is -0.114. The van der Waals surface area contributed by atoms with Gasteiger partial charge in [-0.1, -0.05) is 24.4 Å². The number of benzene rings is 2. The number of nitrogens with zero attached hydrogens (tertiary/aromatic N) is 1. The minimum absolute atomic E-state index is 0.00456. The quantitative estimate of drug-likeness (QED) is 0.770. The first-order chi connectivity index (χ1) is 13.5. The number of likely N-dealkylation sites (tertiary alicyclic amines) is 1. The van der Waals surface area contributed by atoms with Crippen LogP contribution in [0, 0.1) is 5.82 Å². The van der Waals surface area contributed by atoms with E-state index in [9.17, 15) is 14.0 Å². The fraction of sp³-hybridized carbons (Fsp3) is 0.333. The molecule has 0 unspecified atom stereocenters. The van der Waals surface area contributed by atoms with Gasteiger partial charge in [0.05, 0.1) is 11.6 Å². The summed E-state index contributed by atoms with van der Waals surface area (Å²) in [7, 11) is 0. The molecule has 1 fully saturated rings. The molecule has 1 aliphatic rings. The van der Waals surface area contributed by atoms with E-state index < -0.39 is 5.82 Å². The first-order valence-corrected chi connectivity index (χ1v) is 9.79. The lowest BCUT2D eigenvalue weighted by Gasteiger charge is -2.20. The first kappa shape index (κ1) is 20.1. The normalized spacial score (nSPS) is 14.3. The number of hydrogen-bond acceptors (Lipinski definition) is 3. The maximum absolute atomic E-state index is 13.1. The summed E-state index contributed by atoms with van der Waals surface area (Å²) in [6.45, 7) is 1.61. The van der Waals surface area contributed by atoms with E-state index in [2.05, 4.69) is 10.6 Å². The molecule has 7 heteroatoms. The molecule has 0 radical (unpaired) electrons. The molecule has 2 amide bonds. The molecule has 0 bridgehead atoms. The Morgan fingerprint density at radius 1 is 0.964 bits per heavy atom. The predicted molar refractivity (Wildman–Crippen MR) is 109 cm³/mol. The molecule has 1 saturated heterocycles. The van der Waals surface area contributed by atoms with E-state index in [-0.39, 0.29) is 23.4 Å². The standard InChI is InChI=1S/C21H23ClFN3O2/c22-18-13-17(9-10-19(18)23)24-14-20(27)25-16-7-5-15(6-8-16)21(28)26-11-3-1-2-4-12-26/h5-10,13,24H,1-4,11-12,14H2,(H,25,27). The number of amides is 2. The summed E-state index contributed by atoms with van der Waals surface area (Å²) >= 11 is 5.72. The molecule has 2 aromatic rings. The Morgan fingerprint density at radius 3 is 2.25 bits per heavy atom. The summed E-state index contributed by atoms with van der Waals surface area (Å²) in [6, 6.07) is 11.1. The monoisotopic (exact) mass is 403 g/mol. The average molecular weight is 404 g/mol. The van der Waals surface area contributed by atoms with Crippen LogP contribution in [0.5, 0.6) is 0 Å². The van der Waals surface area contributed by atoms with E-state index in [1.54, 1.807) is 24.3 Å². The Hall–Kier alpha value is -2.60. The topological polar surface area (TPSA) is 61.4 Å². The first-order valence-electron chi connectivity index (χ1n) is 9.41. The Balaban J connectivity index is 1.52. The smallest absolute Gasteiger partial charge is 0.253 e. The van der Waals surface area contributed by atoms with Crippen LogP contribution in [0.4, 0.5) is 15.8 Å². The minimum Gasteiger partial charge on any atom is -0.376 e. The number of carbonyl (C=O) groups excluding carboxylic acids is 2. The van der Waals surface area contributed by atoms with Crippen molar-refractivity contribution in [3.8, 4) is 0 Å². The van der Waals surface area contributed by atoms with Crippen LogP contribution in [0.25, 0.3) is 0 Å². The fourth-order valence-corrected chi connectivity index (χ4v) is 3.33. The van der Waals surface area contributed by atoms with Gasteiger partial charge < -0.3 is 15.5 Å². The van der Waals surface area contributed by atoms with Crippen LogP contribution in [0.3, 0.4) is 0 Å². The molecule has 1 aliphatic heterocycles. The summed E-state index contributed by atoms with van der Waals surface area (Å²) < 4.78 is 13.1. The average Bonchev–Trinajstić information content (AvgIpc) is 2.98. The number of rotatable bonds is 5. The van der Waals surface area contributed by atoms with Crippen molar-refractivity contribution in [2.24, 2.45) is 0 Å². The Labute approximate surface area is 168 Å². The fourth-order valence-electron chi connectivity index (χ4n) is 3.15. The SMILES string of the molecule is O=C(CNc1ccc(F)c(Cl)c1)Nc1ccc(C(=O)N2CCCCCC2)cc1. The summed E-state index contributed by atoms with van der Waals surface area (Å²) in [5.74, 6) is -0.729. The molecule has 2 N–H and O–H groups in total. The van der Waals surface area contributed by atoms with Crippen LogP contribution in [0.1, 0.15) is 36.0 Å². The number of halogens is 2. The molecule has 0 saturated carbocycles. The molecular formula is C21H23ClFN3O2. The zero-order valence-corrected chi connectivity index (χ0v) is 16.3. The van der Waals surface area contributed by atoms with Gasteiger partial charge in [-0.05, 0) is 55.3 Å². The molecule has 5 nitrogen and oxygen atoms in total. The maximum Gasteiger partial charge on any atom is 0.253 e. The summed E-state index contributed by atoms with van der Waals surface area (Å²) in [5.41, 5.74) is 1.79. The second-order valence-electron chi connectivity index (χ2n) is 6.81. The van der Waals surface area contributed by atoms with Gasteiger partial charge in [-0.25, -0.2) is 4.39 Å². The van der Waals surface area contributed by atoms with E-state index >= 15 is 0 Å². The molecule has 0 spiro atoms. The number of hydrogen-bond donors (Lipinski definition) is 2. The van der Waals surface area contributed by atoms with Crippen molar-refractivity contribution in [3.05, 3.63) is 58.9 Å². The molecule has 0 atom stereocenters. The Bertz CT molecular complexity index is 834. The zero-order chi connectivity index (χ0) is 19.9. The van der Waals surface area contributed by atoms with Crippen molar-refractivity contribution in [2.75, 3.05) is 30.3 Å². The van der Waals surface area contributed by atoms with Crippen LogP contribution < -0.4 is 10.6 Å². The van der Waals surface area contributed by atoms with Gasteiger partial charge >= 0.3 is 0 Å². The van der Waals surface area contributed by atoms with Crippen molar-refractivity contribution in [3.63, 3.8) is 0 Å². The van der Waals surface area contributed by atoms with Crippen LogP contribution in [0.15, 0.2) is 42.5 Å². The summed E-state index contributed by atoms with van der Waals surface area (Å²) in [5, 5.41) is 5.64. The number of carbonyl (C=O) groups is 2. The largest absolute Gasteiger partial charge is 0.376 e. The molecule has 2 aromatic carbocycles. The van der Waals surface area contributed by atoms with Gasteiger partial charge in [0.15, 0.2) is 0 Å². The third kappa shape index (κ3) is 5.45. The van der Waals surface area contributed by atoms with Gasteiger partial charge in [-0.2, -0.15) is 0 Å². The highest BCUT2D eigenvalue weighted by molar-refractivity contribution is 6.31. The Morgan fingerprint density at radius 2 is 1.61 bits per heavy atom. The van der Waals surface area contributed by atoms with Gasteiger partial charge in [-0.15, -0.1) is 0 Å². The lowest BCUT2D eigenvalue weighted by Crippen LogP contribution is -2.31. The molecule has 3 rings (SSSR count). The number of anilines is 2. The van der Waals surface area contributed by atoms with Crippen molar-refractivity contribution >= 4 is 34.8 Å². The molecule has 1 heterocycles. The van der Waals surface area contributed by atoms with Gasteiger partial charge in [0.25, 0.3) is 5.91 Å². The lowest BCUT2D eigenvalue weighted by atomic mass is 10.1. The van der Waals surface area contributed by atoms with Gasteiger partial charge in [0, 0.05) is 30.0 Å². The van der Waals surface area contributed by atoms with Gasteiger partial charge in [0.2, 0.25) is 5.91 Å². The molecular weight excluding hydrogens is 381 g/mol. The highest BCUT2D eigenvalue weighted by atomic mass is 35.5. The molecule has 0 aromatic heterocycles. The summed E-state index contributed by atoms with van der Waals surface area (Å²) in [6.07, 6.45) is 4.44. The van der Waals surface area contributed by atoms with Crippen LogP contribution >= 0.6 is 11.6 Å². The second-order valence-corrected chi connectivity index (χ2v) is 7.22. The van der Waals surface area contributed by atoms with E-state index in [1.165, 1.54) is 31.0 Å². The van der Waals surface area contributed by atoms with Crippen molar-refractivity contribution < 1.29 is 14.0 Å². The molecule has 148 valence electrons. The maximum atomic E-state index is 13.1. The van der Waals surface area contributed by atoms with E-state index in [0.717, 1.165) is 25.9 Å². The zero-order valence-electron chi connectivity index (χ0n) is 15.5. The van der Waals surface area contributed by atoms with Gasteiger partial charge in [-0.3, -0.25) is 9.59 Å². The van der Waals surface area contributed by atoms with Crippen molar-refractivity contribution in [1.29, 1.82) is 0 Å². The second kappa shape index (κ2) is 9.55. The Kier molecular flexibility index (Phi) is 6.87. The van der Waals surface area contributed by atoms with E-state index in [4.69, 9.17) is 11.6 Å². The van der Waals surface area contributed by atoms with Crippen LogP contribution in [0.2, 0.25) is 5.02 Å². The third-order valence-electron chi connectivity index (χ3n) is 4.68. The third-order valence-corrected chi connectivity index (χ3v) is 4.97. The number of nitrogens with one attached hydrogen (secondary N) is 2. The van der Waals surface area contributed by atoms with E-state index in [1.807, 2.05) is 4.90 Å². The van der Waals surface area contributed by atoms with Crippen molar-refractivity contribution in [2.45, 2.75) is 25.7 Å². The molecule has 28 heavy (non-hydrogen) atoms. The van der Waals surface area contributed by atoms with Crippen LogP contribution in [-0.4, -0.2) is 36.3 Å². The van der Waals surface area contributed by atoms with Crippen molar-refractivity contribution in [1.82, 2.24) is 4.90 Å². The highest BCUT2D eigenvalue weighted by Crippen LogP contribution is 2.19. The van der Waals surface area contributed by atoms with Gasteiger partial charge in [0.1, 0.15) is 5.82 Å². The highest BCUT2D eigenvalue weighted by Gasteiger charge is 2.17.